The lowest BCUT2D eigenvalue weighted by Gasteiger charge is -2.13. The van der Waals surface area contributed by atoms with Crippen LogP contribution in [0.1, 0.15) is 29.8 Å². The standard InChI is InChI=1S/C28H25N3O3/c1-18-4-8-22(9-5-18)31-17-30-28-24-11-6-20(14-21(24)7-13-26(28)31)15-27(32)34-19(2)25-12-10-23(33-3)16-29-25/h4-14,16-17,19H,15H2,1-3H3. The lowest BCUT2D eigenvalue weighted by atomic mass is 10.0. The van der Waals surface area contributed by atoms with E-state index in [2.05, 4.69) is 57.9 Å². The SMILES string of the molecule is COc1ccc(C(C)OC(=O)Cc2ccc3c(ccc4c3ncn4-c3ccc(C)cc3)c2)nc1. The van der Waals surface area contributed by atoms with E-state index in [9.17, 15) is 4.79 Å². The lowest BCUT2D eigenvalue weighted by Crippen LogP contribution is -2.12. The molecule has 5 rings (SSSR count). The van der Waals surface area contributed by atoms with E-state index in [0.29, 0.717) is 11.4 Å². The minimum absolute atomic E-state index is 0.187. The summed E-state index contributed by atoms with van der Waals surface area (Å²) < 4.78 is 12.8. The number of aryl methyl sites for hydroxylation is 1. The molecular weight excluding hydrogens is 426 g/mol. The van der Waals surface area contributed by atoms with Gasteiger partial charge < -0.3 is 9.47 Å². The second kappa shape index (κ2) is 8.98. The number of benzene rings is 3. The second-order valence-electron chi connectivity index (χ2n) is 8.37. The molecule has 0 aliphatic heterocycles. The molecule has 0 spiro atoms. The van der Waals surface area contributed by atoms with Gasteiger partial charge in [-0.3, -0.25) is 14.3 Å². The smallest absolute Gasteiger partial charge is 0.310 e. The first-order chi connectivity index (χ1) is 16.5. The highest BCUT2D eigenvalue weighted by atomic mass is 16.5. The van der Waals surface area contributed by atoms with Crippen molar-refractivity contribution in [2.24, 2.45) is 0 Å². The predicted octanol–water partition coefficient (Wildman–Crippen LogP) is 5.74. The van der Waals surface area contributed by atoms with E-state index >= 15 is 0 Å². The molecule has 0 saturated heterocycles. The van der Waals surface area contributed by atoms with E-state index in [4.69, 9.17) is 9.47 Å². The molecule has 0 aliphatic rings. The molecule has 0 fully saturated rings. The average molecular weight is 452 g/mol. The van der Waals surface area contributed by atoms with Crippen LogP contribution < -0.4 is 4.74 Å². The van der Waals surface area contributed by atoms with Crippen LogP contribution in [0.3, 0.4) is 0 Å². The first kappa shape index (κ1) is 21.6. The average Bonchev–Trinajstić information content (AvgIpc) is 3.29. The van der Waals surface area contributed by atoms with Crippen LogP contribution in [0.25, 0.3) is 27.5 Å². The Morgan fingerprint density at radius 1 is 1.00 bits per heavy atom. The summed E-state index contributed by atoms with van der Waals surface area (Å²) in [4.78, 5) is 21.5. The lowest BCUT2D eigenvalue weighted by molar-refractivity contribution is -0.147. The Morgan fingerprint density at radius 2 is 1.82 bits per heavy atom. The first-order valence-electron chi connectivity index (χ1n) is 11.2. The predicted molar refractivity (Wildman–Crippen MR) is 132 cm³/mol. The molecule has 0 bridgehead atoms. The number of rotatable bonds is 6. The number of carbonyl (C=O) groups excluding carboxylic acids is 1. The zero-order valence-corrected chi connectivity index (χ0v) is 19.4. The fourth-order valence-electron chi connectivity index (χ4n) is 4.10. The van der Waals surface area contributed by atoms with Gasteiger partial charge >= 0.3 is 5.97 Å². The van der Waals surface area contributed by atoms with Crippen LogP contribution in [-0.4, -0.2) is 27.6 Å². The summed E-state index contributed by atoms with van der Waals surface area (Å²) in [5, 5.41) is 2.09. The number of pyridine rings is 1. The fourth-order valence-corrected chi connectivity index (χ4v) is 4.10. The largest absolute Gasteiger partial charge is 0.495 e. The maximum atomic E-state index is 12.6. The van der Waals surface area contributed by atoms with Crippen LogP contribution >= 0.6 is 0 Å². The summed E-state index contributed by atoms with van der Waals surface area (Å²) >= 11 is 0. The van der Waals surface area contributed by atoms with Gasteiger partial charge in [-0.25, -0.2) is 4.98 Å². The van der Waals surface area contributed by atoms with Crippen LogP contribution in [0.15, 0.2) is 79.3 Å². The van der Waals surface area contributed by atoms with Crippen molar-refractivity contribution in [3.05, 3.63) is 96.1 Å². The van der Waals surface area contributed by atoms with Gasteiger partial charge in [0.2, 0.25) is 0 Å². The molecule has 5 aromatic rings. The topological polar surface area (TPSA) is 66.2 Å². The molecule has 6 heteroatoms. The number of hydrogen-bond donors (Lipinski definition) is 0. The normalized spacial score (nSPS) is 12.1. The van der Waals surface area contributed by atoms with Crippen molar-refractivity contribution >= 4 is 27.8 Å². The van der Waals surface area contributed by atoms with Crippen molar-refractivity contribution in [1.82, 2.24) is 14.5 Å². The van der Waals surface area contributed by atoms with Crippen molar-refractivity contribution < 1.29 is 14.3 Å². The Kier molecular flexibility index (Phi) is 5.72. The Bertz CT molecular complexity index is 1470. The Morgan fingerprint density at radius 3 is 2.56 bits per heavy atom. The summed E-state index contributed by atoms with van der Waals surface area (Å²) in [6.07, 6.45) is 3.22. The highest BCUT2D eigenvalue weighted by Gasteiger charge is 2.15. The summed E-state index contributed by atoms with van der Waals surface area (Å²) in [5.74, 6) is 0.366. The molecule has 0 aliphatic carbocycles. The van der Waals surface area contributed by atoms with Crippen LogP contribution in [0.5, 0.6) is 5.75 Å². The van der Waals surface area contributed by atoms with Crippen LogP contribution in [0.4, 0.5) is 0 Å². The monoisotopic (exact) mass is 451 g/mol. The van der Waals surface area contributed by atoms with Crippen LogP contribution in [0, 0.1) is 6.92 Å². The fraction of sp³-hybridized carbons (Fsp3) is 0.179. The third-order valence-corrected chi connectivity index (χ3v) is 5.98. The Labute approximate surface area is 197 Å². The second-order valence-corrected chi connectivity index (χ2v) is 8.37. The highest BCUT2D eigenvalue weighted by molar-refractivity contribution is 6.05. The van der Waals surface area contributed by atoms with Crippen molar-refractivity contribution in [1.29, 1.82) is 0 Å². The van der Waals surface area contributed by atoms with E-state index in [0.717, 1.165) is 33.1 Å². The molecule has 1 atom stereocenters. The maximum absolute atomic E-state index is 12.6. The molecule has 0 N–H and O–H groups in total. The number of nitrogens with zero attached hydrogens (tertiary/aromatic N) is 3. The van der Waals surface area contributed by atoms with E-state index in [1.54, 1.807) is 25.4 Å². The molecule has 170 valence electrons. The number of hydrogen-bond acceptors (Lipinski definition) is 5. The number of carbonyl (C=O) groups is 1. The number of esters is 1. The summed E-state index contributed by atoms with van der Waals surface area (Å²) in [6, 6.07) is 22.1. The zero-order valence-electron chi connectivity index (χ0n) is 19.4. The molecule has 0 saturated carbocycles. The number of imidazole rings is 1. The molecule has 1 unspecified atom stereocenters. The molecule has 3 aromatic carbocycles. The van der Waals surface area contributed by atoms with Crippen molar-refractivity contribution in [3.63, 3.8) is 0 Å². The van der Waals surface area contributed by atoms with Crippen molar-refractivity contribution in [3.8, 4) is 11.4 Å². The summed E-state index contributed by atoms with van der Waals surface area (Å²) in [5.41, 5.74) is 5.85. The maximum Gasteiger partial charge on any atom is 0.310 e. The molecule has 6 nitrogen and oxygen atoms in total. The van der Waals surface area contributed by atoms with E-state index in [-0.39, 0.29) is 12.4 Å². The quantitative estimate of drug-likeness (QED) is 0.308. The number of ether oxygens (including phenoxy) is 2. The third kappa shape index (κ3) is 4.22. The zero-order chi connectivity index (χ0) is 23.7. The van der Waals surface area contributed by atoms with Gasteiger partial charge in [-0.2, -0.15) is 0 Å². The Balaban J connectivity index is 1.35. The summed E-state index contributed by atoms with van der Waals surface area (Å²) in [7, 11) is 1.59. The van der Waals surface area contributed by atoms with Gasteiger partial charge in [-0.1, -0.05) is 42.0 Å². The van der Waals surface area contributed by atoms with E-state index in [1.165, 1.54) is 5.56 Å². The van der Waals surface area contributed by atoms with Gasteiger partial charge in [-0.05, 0) is 55.1 Å². The van der Waals surface area contributed by atoms with Gasteiger partial charge in [0.05, 0.1) is 36.5 Å². The summed E-state index contributed by atoms with van der Waals surface area (Å²) in [6.45, 7) is 3.89. The van der Waals surface area contributed by atoms with E-state index < -0.39 is 6.10 Å². The van der Waals surface area contributed by atoms with Gasteiger partial charge in [0.1, 0.15) is 18.2 Å². The minimum atomic E-state index is -0.441. The third-order valence-electron chi connectivity index (χ3n) is 5.98. The van der Waals surface area contributed by atoms with Gasteiger partial charge in [0.15, 0.2) is 0 Å². The van der Waals surface area contributed by atoms with E-state index in [1.807, 2.05) is 31.5 Å². The number of fused-ring (bicyclic) bond motifs is 3. The molecule has 0 radical (unpaired) electrons. The number of methoxy groups -OCH3 is 1. The Hall–Kier alpha value is -4.19. The molecule has 34 heavy (non-hydrogen) atoms. The van der Waals surface area contributed by atoms with Crippen LogP contribution in [-0.2, 0) is 16.0 Å². The molecular formula is C28H25N3O3. The minimum Gasteiger partial charge on any atom is -0.495 e. The van der Waals surface area contributed by atoms with Gasteiger partial charge in [0.25, 0.3) is 0 Å². The van der Waals surface area contributed by atoms with Crippen molar-refractivity contribution in [2.75, 3.05) is 7.11 Å². The van der Waals surface area contributed by atoms with Crippen LogP contribution in [0.2, 0.25) is 0 Å². The molecule has 0 amide bonds. The van der Waals surface area contributed by atoms with Gasteiger partial charge in [-0.15, -0.1) is 0 Å². The highest BCUT2D eigenvalue weighted by Crippen LogP contribution is 2.28. The molecule has 2 aromatic heterocycles. The first-order valence-corrected chi connectivity index (χ1v) is 11.2. The van der Waals surface area contributed by atoms with Crippen molar-refractivity contribution in [2.45, 2.75) is 26.4 Å². The number of aromatic nitrogens is 3. The molecule has 2 heterocycles. The van der Waals surface area contributed by atoms with Gasteiger partial charge in [0, 0.05) is 11.1 Å².